The minimum atomic E-state index is -3.55. The third-order valence-corrected chi connectivity index (χ3v) is 5.47. The molecule has 2 aromatic rings. The van der Waals surface area contributed by atoms with Crippen LogP contribution in [0.15, 0.2) is 63.7 Å². The van der Waals surface area contributed by atoms with E-state index in [0.717, 1.165) is 15.8 Å². The summed E-state index contributed by atoms with van der Waals surface area (Å²) >= 11 is 2.20. The lowest BCUT2D eigenvalue weighted by Gasteiger charge is -2.11. The molecule has 0 heterocycles. The average molecular weight is 502 g/mol. The molecule has 0 atom stereocenters. The highest BCUT2D eigenvalue weighted by Crippen LogP contribution is 2.22. The van der Waals surface area contributed by atoms with Gasteiger partial charge in [0, 0.05) is 30.8 Å². The zero-order chi connectivity index (χ0) is 19.7. The Balaban J connectivity index is 1.95. The van der Waals surface area contributed by atoms with E-state index in [1.807, 2.05) is 43.3 Å². The van der Waals surface area contributed by atoms with E-state index in [2.05, 4.69) is 37.5 Å². The predicted octanol–water partition coefficient (Wildman–Crippen LogP) is 3.90. The van der Waals surface area contributed by atoms with Gasteiger partial charge in [0.1, 0.15) is 0 Å². The summed E-state index contributed by atoms with van der Waals surface area (Å²) in [6.07, 6.45) is 0. The fraction of sp³-hybridized carbons (Fsp3) is 0.333. The van der Waals surface area contributed by atoms with Crippen LogP contribution in [0, 0.1) is 0 Å². The van der Waals surface area contributed by atoms with Crippen LogP contribution in [0.1, 0.15) is 0 Å². The molecule has 0 aromatic heterocycles. The Hall–Kier alpha value is -1.56. The van der Waals surface area contributed by atoms with Gasteiger partial charge >= 0.3 is 0 Å². The topological polar surface area (TPSA) is 83.4 Å². The number of sulfonamides is 1. The zero-order valence-electron chi connectivity index (χ0n) is 15.3. The lowest BCUT2D eigenvalue weighted by atomic mass is 10.3. The summed E-state index contributed by atoms with van der Waals surface area (Å²) in [5.74, 6) is 0. The van der Waals surface area contributed by atoms with Crippen LogP contribution in [0.3, 0.4) is 0 Å². The van der Waals surface area contributed by atoms with E-state index in [-0.39, 0.29) is 11.4 Å². The minimum Gasteiger partial charge on any atom is -0.379 e. The van der Waals surface area contributed by atoms with Gasteiger partial charge in [-0.05, 0) is 48.5 Å². The Morgan fingerprint density at radius 2 is 1.52 bits per heavy atom. The van der Waals surface area contributed by atoms with Crippen molar-refractivity contribution in [1.29, 1.82) is 0 Å². The van der Waals surface area contributed by atoms with Crippen LogP contribution >= 0.6 is 22.6 Å². The first kappa shape index (κ1) is 21.7. The van der Waals surface area contributed by atoms with Crippen LogP contribution in [-0.2, 0) is 14.8 Å². The molecule has 0 aliphatic rings. The number of ether oxygens (including phenoxy) is 1. The summed E-state index contributed by atoms with van der Waals surface area (Å²) in [7, 11) is 0.389. The van der Waals surface area contributed by atoms with E-state index in [4.69, 9.17) is 4.74 Å². The van der Waals surface area contributed by atoms with E-state index < -0.39 is 10.0 Å². The van der Waals surface area contributed by atoms with E-state index in [9.17, 15) is 8.42 Å². The highest BCUT2D eigenvalue weighted by Gasteiger charge is 2.12. The van der Waals surface area contributed by atoms with Gasteiger partial charge in [0.25, 0.3) is 0 Å². The summed E-state index contributed by atoms with van der Waals surface area (Å²) in [4.78, 5) is 2.19. The monoisotopic (exact) mass is 502 g/mol. The summed E-state index contributed by atoms with van der Waals surface area (Å²) in [6.45, 7) is 1.20. The minimum absolute atomic E-state index is 0.186. The van der Waals surface area contributed by atoms with E-state index in [1.54, 1.807) is 12.1 Å². The number of hydrogen-bond donors (Lipinski definition) is 1. The first-order valence-corrected chi connectivity index (χ1v) is 11.4. The van der Waals surface area contributed by atoms with Gasteiger partial charge in [-0.3, -0.25) is 0 Å². The quantitative estimate of drug-likeness (QED) is 0.231. The number of nitrogens with one attached hydrogen (secondary N) is 1. The highest BCUT2D eigenvalue weighted by atomic mass is 127. The van der Waals surface area contributed by atoms with Crippen LogP contribution in [-0.4, -0.2) is 46.7 Å². The number of hydrogen-bond acceptors (Lipinski definition) is 6. The Bertz CT molecular complexity index is 838. The summed E-state index contributed by atoms with van der Waals surface area (Å²) in [5, 5.41) is 8.32. The van der Waals surface area contributed by atoms with Crippen molar-refractivity contribution in [3.05, 3.63) is 48.5 Å². The standard InChI is InChI=1S/C18H23IN4O3S/c1-23(2)17-7-3-15(4-8-17)21-22-16-5-9-18(10-6-16)27(24,25)20-12-14-26-13-11-19/h3-10,20H,11-14H2,1-2H3/b22-21+. The number of anilines is 1. The summed E-state index contributed by atoms with van der Waals surface area (Å²) in [6, 6.07) is 13.9. The van der Waals surface area contributed by atoms with Crippen molar-refractivity contribution in [3.63, 3.8) is 0 Å². The van der Waals surface area contributed by atoms with Crippen molar-refractivity contribution in [2.75, 3.05) is 43.2 Å². The Kier molecular flexibility index (Phi) is 8.61. The van der Waals surface area contributed by atoms with Crippen molar-refractivity contribution >= 4 is 49.7 Å². The van der Waals surface area contributed by atoms with Crippen molar-refractivity contribution in [2.24, 2.45) is 10.2 Å². The third kappa shape index (κ3) is 7.17. The van der Waals surface area contributed by atoms with Gasteiger partial charge in [-0.15, -0.1) is 0 Å². The molecule has 0 unspecified atom stereocenters. The number of benzene rings is 2. The molecule has 0 aliphatic heterocycles. The van der Waals surface area contributed by atoms with Crippen LogP contribution in [0.2, 0.25) is 0 Å². The predicted molar refractivity (Wildman–Crippen MR) is 116 cm³/mol. The maximum absolute atomic E-state index is 12.2. The number of rotatable bonds is 10. The fourth-order valence-electron chi connectivity index (χ4n) is 2.11. The SMILES string of the molecule is CN(C)c1ccc(/N=N/c2ccc(S(=O)(=O)NCCOCCI)cc2)cc1. The maximum atomic E-state index is 12.2. The van der Waals surface area contributed by atoms with Gasteiger partial charge in [-0.25, -0.2) is 13.1 Å². The summed E-state index contributed by atoms with van der Waals surface area (Å²) < 4.78 is 33.1. The molecule has 0 aliphatic carbocycles. The number of alkyl halides is 1. The van der Waals surface area contributed by atoms with Gasteiger partial charge in [-0.1, -0.05) is 22.6 Å². The van der Waals surface area contributed by atoms with Gasteiger partial charge < -0.3 is 9.64 Å². The second kappa shape index (κ2) is 10.7. The molecule has 2 rings (SSSR count). The van der Waals surface area contributed by atoms with Gasteiger partial charge in [0.05, 0.1) is 29.5 Å². The van der Waals surface area contributed by atoms with Gasteiger partial charge in [0.15, 0.2) is 0 Å². The van der Waals surface area contributed by atoms with Crippen LogP contribution in [0.4, 0.5) is 17.1 Å². The normalized spacial score (nSPS) is 11.8. The number of halogens is 1. The molecule has 0 amide bonds. The van der Waals surface area contributed by atoms with Crippen molar-refractivity contribution in [1.82, 2.24) is 4.72 Å². The van der Waals surface area contributed by atoms with E-state index >= 15 is 0 Å². The first-order valence-electron chi connectivity index (χ1n) is 8.35. The Labute approximate surface area is 174 Å². The second-order valence-electron chi connectivity index (χ2n) is 5.80. The summed E-state index contributed by atoms with van der Waals surface area (Å²) in [5.41, 5.74) is 2.39. The lowest BCUT2D eigenvalue weighted by Crippen LogP contribution is -2.27. The molecule has 146 valence electrons. The molecule has 7 nitrogen and oxygen atoms in total. The average Bonchev–Trinajstić information content (AvgIpc) is 2.67. The van der Waals surface area contributed by atoms with Crippen LogP contribution < -0.4 is 9.62 Å². The molecule has 0 spiro atoms. The molecule has 0 saturated heterocycles. The molecule has 0 radical (unpaired) electrons. The highest BCUT2D eigenvalue weighted by molar-refractivity contribution is 14.1. The van der Waals surface area contributed by atoms with Crippen LogP contribution in [0.5, 0.6) is 0 Å². The molecule has 2 aromatic carbocycles. The van der Waals surface area contributed by atoms with Crippen molar-refractivity contribution in [3.8, 4) is 0 Å². The van der Waals surface area contributed by atoms with E-state index in [1.165, 1.54) is 12.1 Å². The molecular formula is C18H23IN4O3S. The molecule has 27 heavy (non-hydrogen) atoms. The molecule has 0 fully saturated rings. The van der Waals surface area contributed by atoms with Crippen molar-refractivity contribution < 1.29 is 13.2 Å². The first-order chi connectivity index (χ1) is 12.9. The smallest absolute Gasteiger partial charge is 0.240 e. The maximum Gasteiger partial charge on any atom is 0.240 e. The third-order valence-electron chi connectivity index (χ3n) is 3.55. The van der Waals surface area contributed by atoms with Gasteiger partial charge in [-0.2, -0.15) is 10.2 Å². The van der Waals surface area contributed by atoms with Crippen LogP contribution in [0.25, 0.3) is 0 Å². The molecule has 0 bridgehead atoms. The molecule has 9 heteroatoms. The Morgan fingerprint density at radius 1 is 0.963 bits per heavy atom. The zero-order valence-corrected chi connectivity index (χ0v) is 18.3. The lowest BCUT2D eigenvalue weighted by molar-refractivity contribution is 0.157. The molecule has 0 saturated carbocycles. The molecular weight excluding hydrogens is 479 g/mol. The Morgan fingerprint density at radius 3 is 2.04 bits per heavy atom. The number of nitrogens with zero attached hydrogens (tertiary/aromatic N) is 3. The molecule has 1 N–H and O–H groups in total. The van der Waals surface area contributed by atoms with Crippen molar-refractivity contribution in [2.45, 2.75) is 4.90 Å². The number of azo groups is 1. The van der Waals surface area contributed by atoms with E-state index in [0.29, 0.717) is 18.9 Å². The fourth-order valence-corrected chi connectivity index (χ4v) is 3.44. The largest absolute Gasteiger partial charge is 0.379 e. The second-order valence-corrected chi connectivity index (χ2v) is 8.65. The van der Waals surface area contributed by atoms with Gasteiger partial charge in [0.2, 0.25) is 10.0 Å².